The van der Waals surface area contributed by atoms with Gasteiger partial charge in [0.2, 0.25) is 4.96 Å². The highest BCUT2D eigenvalue weighted by molar-refractivity contribution is 7.15. The molecule has 0 N–H and O–H groups in total. The molecule has 0 unspecified atom stereocenters. The summed E-state index contributed by atoms with van der Waals surface area (Å²) in [6.45, 7) is 0. The predicted molar refractivity (Wildman–Crippen MR) is 111 cm³/mol. The number of hydrogen-bond donors (Lipinski definition) is 0. The number of thiazole rings is 1. The van der Waals surface area contributed by atoms with Crippen molar-refractivity contribution in [3.8, 4) is 11.5 Å². The molecule has 0 amide bonds. The minimum absolute atomic E-state index is 0.191. The fourth-order valence-corrected chi connectivity index (χ4v) is 3.84. The smallest absolute Gasteiger partial charge is 0.296 e. The van der Waals surface area contributed by atoms with Crippen LogP contribution in [0, 0.1) is 0 Å². The van der Waals surface area contributed by atoms with Gasteiger partial charge in [0.1, 0.15) is 5.69 Å². The number of methoxy groups -OCH3 is 2. The van der Waals surface area contributed by atoms with E-state index >= 15 is 0 Å². The highest BCUT2D eigenvalue weighted by atomic mass is 32.1. The Kier molecular flexibility index (Phi) is 5.09. The van der Waals surface area contributed by atoms with E-state index in [1.807, 2.05) is 36.4 Å². The van der Waals surface area contributed by atoms with Crippen molar-refractivity contribution >= 4 is 22.4 Å². The van der Waals surface area contributed by atoms with E-state index in [2.05, 4.69) is 10.1 Å². The second kappa shape index (κ2) is 7.84. The molecule has 2 aromatic heterocycles. The molecule has 2 aromatic carbocycles. The number of ether oxygens (including phenoxy) is 2. The number of fused-ring (bicyclic) bond motifs is 1. The Bertz CT molecular complexity index is 1350. The maximum Gasteiger partial charge on any atom is 0.296 e. The second-order valence-electron chi connectivity index (χ2n) is 6.25. The first kappa shape index (κ1) is 18.8. The Hall–Kier alpha value is -3.52. The summed E-state index contributed by atoms with van der Waals surface area (Å²) in [6, 6.07) is 14.8. The first-order chi connectivity index (χ1) is 14.1. The molecule has 2 heterocycles. The van der Waals surface area contributed by atoms with Gasteiger partial charge < -0.3 is 9.47 Å². The van der Waals surface area contributed by atoms with Crippen LogP contribution in [-0.2, 0) is 6.42 Å². The number of aromatic nitrogens is 3. The van der Waals surface area contributed by atoms with E-state index in [0.29, 0.717) is 16.0 Å². The summed E-state index contributed by atoms with van der Waals surface area (Å²) in [4.78, 5) is 29.5. The molecule has 0 aliphatic rings. The van der Waals surface area contributed by atoms with Crippen molar-refractivity contribution in [2.45, 2.75) is 6.42 Å². The summed E-state index contributed by atoms with van der Waals surface area (Å²) >= 11 is 1.14. The number of hydrogen-bond acceptors (Lipinski definition) is 7. The lowest BCUT2D eigenvalue weighted by Gasteiger charge is -2.09. The Labute approximate surface area is 169 Å². The molecule has 4 rings (SSSR count). The summed E-state index contributed by atoms with van der Waals surface area (Å²) in [5.74, 6) is 1.15. The van der Waals surface area contributed by atoms with Crippen molar-refractivity contribution in [3.63, 3.8) is 0 Å². The quantitative estimate of drug-likeness (QED) is 0.501. The van der Waals surface area contributed by atoms with Gasteiger partial charge in [0, 0.05) is 6.42 Å². The lowest BCUT2D eigenvalue weighted by molar-refractivity contribution is 0.354. The topological polar surface area (TPSA) is 82.8 Å². The lowest BCUT2D eigenvalue weighted by atomic mass is 10.1. The van der Waals surface area contributed by atoms with Gasteiger partial charge in [-0.2, -0.15) is 14.6 Å². The van der Waals surface area contributed by atoms with Gasteiger partial charge in [-0.3, -0.25) is 9.59 Å². The van der Waals surface area contributed by atoms with Crippen LogP contribution < -0.4 is 25.1 Å². The molecule has 0 fully saturated rings. The van der Waals surface area contributed by atoms with Crippen LogP contribution in [0.15, 0.2) is 58.1 Å². The molecule has 0 spiro atoms. The van der Waals surface area contributed by atoms with E-state index in [1.54, 1.807) is 32.4 Å². The molecule has 29 heavy (non-hydrogen) atoms. The molecule has 0 aliphatic carbocycles. The summed E-state index contributed by atoms with van der Waals surface area (Å²) in [5, 5.41) is 4.28. The van der Waals surface area contributed by atoms with Crippen LogP contribution >= 0.6 is 11.3 Å². The van der Waals surface area contributed by atoms with Gasteiger partial charge >= 0.3 is 0 Å². The number of benzene rings is 2. The van der Waals surface area contributed by atoms with Crippen molar-refractivity contribution in [2.75, 3.05) is 14.2 Å². The molecular formula is C21H17N3O4S. The van der Waals surface area contributed by atoms with E-state index in [-0.39, 0.29) is 22.6 Å². The van der Waals surface area contributed by atoms with Crippen LogP contribution in [0.2, 0.25) is 0 Å². The zero-order valence-electron chi connectivity index (χ0n) is 15.8. The van der Waals surface area contributed by atoms with Gasteiger partial charge in [-0.1, -0.05) is 47.7 Å². The SMILES string of the molecule is COc1ccc(Cc2nn3c(=O)c(=Cc4ccccc4)sc3nc2=O)cc1OC. The van der Waals surface area contributed by atoms with Crippen LogP contribution in [0.3, 0.4) is 0 Å². The molecule has 146 valence electrons. The van der Waals surface area contributed by atoms with E-state index in [1.165, 1.54) is 4.52 Å². The van der Waals surface area contributed by atoms with Gasteiger partial charge in [-0.05, 0) is 29.3 Å². The molecule has 0 saturated heterocycles. The average molecular weight is 407 g/mol. The van der Waals surface area contributed by atoms with E-state index in [9.17, 15) is 9.59 Å². The maximum atomic E-state index is 12.7. The highest BCUT2D eigenvalue weighted by Crippen LogP contribution is 2.28. The van der Waals surface area contributed by atoms with Crippen molar-refractivity contribution in [3.05, 3.63) is 90.6 Å². The molecule has 4 aromatic rings. The zero-order valence-corrected chi connectivity index (χ0v) is 16.6. The Morgan fingerprint density at radius 2 is 1.79 bits per heavy atom. The van der Waals surface area contributed by atoms with E-state index in [0.717, 1.165) is 22.5 Å². The molecule has 0 atom stereocenters. The number of rotatable bonds is 5. The predicted octanol–water partition coefficient (Wildman–Crippen LogP) is 1.67. The van der Waals surface area contributed by atoms with Crippen LogP contribution in [0.1, 0.15) is 16.8 Å². The fraction of sp³-hybridized carbons (Fsp3) is 0.143. The lowest BCUT2D eigenvalue weighted by Crippen LogP contribution is -2.28. The molecular weight excluding hydrogens is 390 g/mol. The standard InChI is InChI=1S/C21H17N3O4S/c1-27-16-9-8-14(11-17(16)28-2)10-15-19(25)22-21-24(23-15)20(26)18(29-21)12-13-6-4-3-5-7-13/h3-9,11-12H,10H2,1-2H3. The monoisotopic (exact) mass is 407 g/mol. The van der Waals surface area contributed by atoms with Gasteiger partial charge in [-0.25, -0.2) is 0 Å². The van der Waals surface area contributed by atoms with Crippen molar-refractivity contribution in [1.82, 2.24) is 14.6 Å². The van der Waals surface area contributed by atoms with Gasteiger partial charge in [0.15, 0.2) is 11.5 Å². The van der Waals surface area contributed by atoms with E-state index in [4.69, 9.17) is 9.47 Å². The third-order valence-electron chi connectivity index (χ3n) is 4.37. The minimum Gasteiger partial charge on any atom is -0.493 e. The Balaban J connectivity index is 1.76. The Morgan fingerprint density at radius 1 is 1.03 bits per heavy atom. The van der Waals surface area contributed by atoms with Crippen molar-refractivity contribution in [1.29, 1.82) is 0 Å². The summed E-state index contributed by atoms with van der Waals surface area (Å²) in [5.41, 5.74) is 1.13. The third-order valence-corrected chi connectivity index (χ3v) is 5.33. The normalized spacial score (nSPS) is 11.7. The molecule has 7 nitrogen and oxygen atoms in total. The van der Waals surface area contributed by atoms with Gasteiger partial charge in [0.25, 0.3) is 11.1 Å². The first-order valence-corrected chi connectivity index (χ1v) is 9.61. The minimum atomic E-state index is -0.452. The van der Waals surface area contributed by atoms with Crippen LogP contribution in [0.4, 0.5) is 0 Å². The largest absolute Gasteiger partial charge is 0.493 e. The summed E-state index contributed by atoms with van der Waals surface area (Å²) in [7, 11) is 3.10. The maximum absolute atomic E-state index is 12.7. The van der Waals surface area contributed by atoms with Crippen molar-refractivity contribution < 1.29 is 9.47 Å². The second-order valence-corrected chi connectivity index (χ2v) is 7.26. The Morgan fingerprint density at radius 3 is 2.52 bits per heavy atom. The number of nitrogens with zero attached hydrogens (tertiary/aromatic N) is 3. The average Bonchev–Trinajstić information content (AvgIpc) is 3.03. The fourth-order valence-electron chi connectivity index (χ4n) is 2.94. The first-order valence-electron chi connectivity index (χ1n) is 8.79. The van der Waals surface area contributed by atoms with Crippen LogP contribution in [0.5, 0.6) is 11.5 Å². The van der Waals surface area contributed by atoms with Gasteiger partial charge in [-0.15, -0.1) is 0 Å². The molecule has 0 bridgehead atoms. The van der Waals surface area contributed by atoms with Gasteiger partial charge in [0.05, 0.1) is 18.8 Å². The molecule has 0 radical (unpaired) electrons. The molecule has 0 saturated carbocycles. The van der Waals surface area contributed by atoms with Crippen LogP contribution in [0.25, 0.3) is 11.0 Å². The van der Waals surface area contributed by atoms with E-state index < -0.39 is 5.56 Å². The molecule has 0 aliphatic heterocycles. The summed E-state index contributed by atoms with van der Waals surface area (Å²) in [6.07, 6.45) is 1.99. The third kappa shape index (κ3) is 3.74. The zero-order chi connectivity index (χ0) is 20.4. The molecule has 8 heteroatoms. The van der Waals surface area contributed by atoms with Crippen LogP contribution in [-0.4, -0.2) is 28.8 Å². The highest BCUT2D eigenvalue weighted by Gasteiger charge is 2.13. The van der Waals surface area contributed by atoms with Crippen molar-refractivity contribution in [2.24, 2.45) is 0 Å². The summed E-state index contributed by atoms with van der Waals surface area (Å²) < 4.78 is 12.2.